The zero-order valence-corrected chi connectivity index (χ0v) is 15.1. The predicted octanol–water partition coefficient (Wildman–Crippen LogP) is 5.50. The second kappa shape index (κ2) is 10.4. The molecule has 0 fully saturated rings. The third-order valence-electron chi connectivity index (χ3n) is 3.94. The summed E-state index contributed by atoms with van der Waals surface area (Å²) in [5.74, 6) is 1.65. The maximum absolute atomic E-state index is 10.1. The quantitative estimate of drug-likeness (QED) is 0.458. The van der Waals surface area contributed by atoms with Gasteiger partial charge in [0.05, 0.1) is 19.4 Å². The summed E-state index contributed by atoms with van der Waals surface area (Å²) in [5.41, 5.74) is 1.46. The van der Waals surface area contributed by atoms with Crippen molar-refractivity contribution in [2.24, 2.45) is 4.99 Å². The lowest BCUT2D eigenvalue weighted by atomic mass is 10.2. The number of phenolic OH excluding ortho intramolecular Hbond substituents is 1. The van der Waals surface area contributed by atoms with Crippen LogP contribution in [0.1, 0.15) is 44.6 Å². The van der Waals surface area contributed by atoms with Crippen molar-refractivity contribution in [3.63, 3.8) is 0 Å². The van der Waals surface area contributed by atoms with E-state index < -0.39 is 0 Å². The minimum Gasteiger partial charge on any atom is -0.507 e. The molecule has 2 aromatic carbocycles. The Bertz CT molecular complexity index is 665. The van der Waals surface area contributed by atoms with E-state index in [-0.39, 0.29) is 5.75 Å². The summed E-state index contributed by atoms with van der Waals surface area (Å²) in [5, 5.41) is 10.1. The first-order chi connectivity index (χ1) is 12.2. The molecule has 2 aromatic rings. The van der Waals surface area contributed by atoms with Gasteiger partial charge in [-0.2, -0.15) is 0 Å². The van der Waals surface area contributed by atoms with Gasteiger partial charge in [0.25, 0.3) is 0 Å². The number of benzene rings is 2. The fraction of sp³-hybridized carbons (Fsp3) is 0.381. The van der Waals surface area contributed by atoms with Gasteiger partial charge in [-0.1, -0.05) is 32.6 Å². The highest BCUT2D eigenvalue weighted by Gasteiger charge is 2.02. The average Bonchev–Trinajstić information content (AvgIpc) is 2.64. The Kier molecular flexibility index (Phi) is 7.83. The van der Waals surface area contributed by atoms with E-state index in [0.29, 0.717) is 17.9 Å². The molecule has 4 heteroatoms. The van der Waals surface area contributed by atoms with Gasteiger partial charge in [-0.05, 0) is 42.8 Å². The van der Waals surface area contributed by atoms with Crippen LogP contribution in [0.5, 0.6) is 17.2 Å². The molecular weight excluding hydrogens is 314 g/mol. The van der Waals surface area contributed by atoms with E-state index in [1.807, 2.05) is 36.4 Å². The van der Waals surface area contributed by atoms with Crippen molar-refractivity contribution in [1.29, 1.82) is 0 Å². The molecule has 4 nitrogen and oxygen atoms in total. The Morgan fingerprint density at radius 2 is 1.68 bits per heavy atom. The standard InChI is InChI=1S/C21H27NO3/c1-3-4-5-6-7-14-25-20-11-8-17(21(23)15-20)16-22-18-9-12-19(24-2)13-10-18/h8-13,15-16,23H,3-7,14H2,1-2H3. The van der Waals surface area contributed by atoms with Crippen LogP contribution in [0, 0.1) is 0 Å². The summed E-state index contributed by atoms with van der Waals surface area (Å²) in [4.78, 5) is 4.36. The van der Waals surface area contributed by atoms with Crippen LogP contribution in [0.15, 0.2) is 47.5 Å². The Morgan fingerprint density at radius 3 is 2.36 bits per heavy atom. The van der Waals surface area contributed by atoms with Gasteiger partial charge in [0, 0.05) is 17.8 Å². The first-order valence-corrected chi connectivity index (χ1v) is 8.87. The third-order valence-corrected chi connectivity index (χ3v) is 3.94. The largest absolute Gasteiger partial charge is 0.507 e. The van der Waals surface area contributed by atoms with Crippen molar-refractivity contribution < 1.29 is 14.6 Å². The Morgan fingerprint density at radius 1 is 0.960 bits per heavy atom. The van der Waals surface area contributed by atoms with Crippen molar-refractivity contribution in [3.8, 4) is 17.2 Å². The van der Waals surface area contributed by atoms with Crippen molar-refractivity contribution in [2.45, 2.75) is 39.0 Å². The van der Waals surface area contributed by atoms with Crippen LogP contribution in [0.2, 0.25) is 0 Å². The van der Waals surface area contributed by atoms with Crippen molar-refractivity contribution >= 4 is 11.9 Å². The van der Waals surface area contributed by atoms with E-state index in [9.17, 15) is 5.11 Å². The lowest BCUT2D eigenvalue weighted by Crippen LogP contribution is -1.97. The second-order valence-electron chi connectivity index (χ2n) is 5.94. The SMILES string of the molecule is CCCCCCCOc1ccc(C=Nc2ccc(OC)cc2)c(O)c1. The van der Waals surface area contributed by atoms with Crippen LogP contribution < -0.4 is 9.47 Å². The molecule has 0 atom stereocenters. The van der Waals surface area contributed by atoms with Gasteiger partial charge in [0.1, 0.15) is 17.2 Å². The maximum Gasteiger partial charge on any atom is 0.128 e. The molecule has 25 heavy (non-hydrogen) atoms. The molecule has 134 valence electrons. The summed E-state index contributed by atoms with van der Waals surface area (Å²) < 4.78 is 10.8. The van der Waals surface area contributed by atoms with Gasteiger partial charge in [0.2, 0.25) is 0 Å². The normalized spacial score (nSPS) is 11.0. The molecule has 0 aliphatic rings. The number of hydrogen-bond donors (Lipinski definition) is 1. The minimum atomic E-state index is 0.167. The van der Waals surface area contributed by atoms with Gasteiger partial charge >= 0.3 is 0 Å². The molecule has 0 unspecified atom stereocenters. The van der Waals surface area contributed by atoms with Crippen LogP contribution in [0.25, 0.3) is 0 Å². The zero-order chi connectivity index (χ0) is 17.9. The van der Waals surface area contributed by atoms with E-state index >= 15 is 0 Å². The number of rotatable bonds is 10. The van der Waals surface area contributed by atoms with Crippen molar-refractivity contribution in [1.82, 2.24) is 0 Å². The van der Waals surface area contributed by atoms with Crippen LogP contribution in [0.4, 0.5) is 5.69 Å². The summed E-state index contributed by atoms with van der Waals surface area (Å²) in [6.07, 6.45) is 7.66. The molecular formula is C21H27NO3. The lowest BCUT2D eigenvalue weighted by Gasteiger charge is -2.07. The number of phenols is 1. The molecule has 0 bridgehead atoms. The number of ether oxygens (including phenoxy) is 2. The molecule has 0 aliphatic heterocycles. The number of hydrogen-bond acceptors (Lipinski definition) is 4. The number of aromatic hydroxyl groups is 1. The van der Waals surface area contributed by atoms with Gasteiger partial charge in [-0.3, -0.25) is 4.99 Å². The molecule has 1 N–H and O–H groups in total. The van der Waals surface area contributed by atoms with E-state index in [1.165, 1.54) is 25.7 Å². The summed E-state index contributed by atoms with van der Waals surface area (Å²) >= 11 is 0. The van der Waals surface area contributed by atoms with Crippen LogP contribution in [-0.2, 0) is 0 Å². The first-order valence-electron chi connectivity index (χ1n) is 8.87. The summed E-state index contributed by atoms with van der Waals surface area (Å²) in [6, 6.07) is 12.7. The fourth-order valence-electron chi connectivity index (χ4n) is 2.43. The number of nitrogens with zero attached hydrogens (tertiary/aromatic N) is 1. The Labute approximate surface area is 150 Å². The maximum atomic E-state index is 10.1. The fourth-order valence-corrected chi connectivity index (χ4v) is 2.43. The molecule has 2 rings (SSSR count). The second-order valence-corrected chi connectivity index (χ2v) is 5.94. The van der Waals surface area contributed by atoms with Crippen LogP contribution >= 0.6 is 0 Å². The number of unbranched alkanes of at least 4 members (excludes halogenated alkanes) is 4. The highest BCUT2D eigenvalue weighted by Crippen LogP contribution is 2.24. The van der Waals surface area contributed by atoms with E-state index in [1.54, 1.807) is 19.4 Å². The highest BCUT2D eigenvalue weighted by atomic mass is 16.5. The Balaban J connectivity index is 1.86. The molecule has 0 aromatic heterocycles. The molecule has 0 saturated heterocycles. The van der Waals surface area contributed by atoms with E-state index in [4.69, 9.17) is 9.47 Å². The first kappa shape index (κ1) is 18.8. The smallest absolute Gasteiger partial charge is 0.128 e. The van der Waals surface area contributed by atoms with E-state index in [0.717, 1.165) is 17.9 Å². The molecule has 0 amide bonds. The van der Waals surface area contributed by atoms with Crippen LogP contribution in [-0.4, -0.2) is 25.0 Å². The third kappa shape index (κ3) is 6.49. The average molecular weight is 341 g/mol. The number of methoxy groups -OCH3 is 1. The van der Waals surface area contributed by atoms with Crippen molar-refractivity contribution in [3.05, 3.63) is 48.0 Å². The number of aliphatic imine (C=N–C) groups is 1. The zero-order valence-electron chi connectivity index (χ0n) is 15.1. The lowest BCUT2D eigenvalue weighted by molar-refractivity contribution is 0.303. The molecule has 0 aliphatic carbocycles. The highest BCUT2D eigenvalue weighted by molar-refractivity contribution is 5.85. The van der Waals surface area contributed by atoms with Crippen molar-refractivity contribution in [2.75, 3.05) is 13.7 Å². The molecule has 0 saturated carbocycles. The topological polar surface area (TPSA) is 51.0 Å². The van der Waals surface area contributed by atoms with Crippen LogP contribution in [0.3, 0.4) is 0 Å². The molecule has 0 radical (unpaired) electrons. The van der Waals surface area contributed by atoms with Gasteiger partial charge in [0.15, 0.2) is 0 Å². The Hall–Kier alpha value is -2.49. The summed E-state index contributed by atoms with van der Waals surface area (Å²) in [7, 11) is 1.63. The predicted molar refractivity (Wildman–Crippen MR) is 103 cm³/mol. The van der Waals surface area contributed by atoms with Gasteiger partial charge < -0.3 is 14.6 Å². The van der Waals surface area contributed by atoms with Gasteiger partial charge in [-0.15, -0.1) is 0 Å². The van der Waals surface area contributed by atoms with Gasteiger partial charge in [-0.25, -0.2) is 0 Å². The van der Waals surface area contributed by atoms with E-state index in [2.05, 4.69) is 11.9 Å². The molecule has 0 spiro atoms. The molecule has 0 heterocycles. The minimum absolute atomic E-state index is 0.167. The summed E-state index contributed by atoms with van der Waals surface area (Å²) in [6.45, 7) is 2.89. The monoisotopic (exact) mass is 341 g/mol.